The summed E-state index contributed by atoms with van der Waals surface area (Å²) in [5, 5.41) is 19.1. The van der Waals surface area contributed by atoms with E-state index in [1.54, 1.807) is 26.2 Å². The molecule has 13 heteroatoms. The van der Waals surface area contributed by atoms with Crippen molar-refractivity contribution in [1.82, 2.24) is 25.9 Å². The Labute approximate surface area is 253 Å². The molecule has 4 aromatic rings. The van der Waals surface area contributed by atoms with Gasteiger partial charge in [0, 0.05) is 40.6 Å². The number of carbonyl (C=O) groups is 5. The second-order valence-corrected chi connectivity index (χ2v) is 11.1. The molecule has 10 N–H and O–H groups in total. The highest BCUT2D eigenvalue weighted by molar-refractivity contribution is 5.96. The molecule has 44 heavy (non-hydrogen) atoms. The van der Waals surface area contributed by atoms with Crippen molar-refractivity contribution < 1.29 is 29.1 Å². The van der Waals surface area contributed by atoms with Gasteiger partial charge < -0.3 is 42.5 Å². The molecule has 4 amide bonds. The molecule has 0 spiro atoms. The minimum atomic E-state index is -1.48. The first-order valence-electron chi connectivity index (χ1n) is 14.2. The maximum absolute atomic E-state index is 13.3. The Kier molecular flexibility index (Phi) is 10.0. The maximum atomic E-state index is 13.3. The molecule has 0 saturated carbocycles. The number of benzene rings is 2. The van der Waals surface area contributed by atoms with Crippen LogP contribution in [0.2, 0.25) is 0 Å². The summed E-state index contributed by atoms with van der Waals surface area (Å²) in [6, 6.07) is 9.96. The predicted molar refractivity (Wildman–Crippen MR) is 164 cm³/mol. The molecule has 13 nitrogen and oxygen atoms in total. The lowest BCUT2D eigenvalue weighted by Gasteiger charge is -2.26. The highest BCUT2D eigenvalue weighted by Crippen LogP contribution is 2.20. The fourth-order valence-electron chi connectivity index (χ4n) is 5.09. The first-order chi connectivity index (χ1) is 20.9. The van der Waals surface area contributed by atoms with Gasteiger partial charge in [-0.2, -0.15) is 0 Å². The van der Waals surface area contributed by atoms with Gasteiger partial charge in [0.1, 0.15) is 18.1 Å². The number of aliphatic carboxylic acids is 1. The van der Waals surface area contributed by atoms with Crippen molar-refractivity contribution in [3.8, 4) is 0 Å². The van der Waals surface area contributed by atoms with Gasteiger partial charge in [-0.15, -0.1) is 0 Å². The topological polar surface area (TPSA) is 225 Å². The van der Waals surface area contributed by atoms with Gasteiger partial charge in [-0.1, -0.05) is 50.2 Å². The third kappa shape index (κ3) is 7.61. The summed E-state index contributed by atoms with van der Waals surface area (Å²) in [5.41, 5.74) is 14.8. The van der Waals surface area contributed by atoms with Gasteiger partial charge in [0.15, 0.2) is 0 Å². The number of carbonyl (C=O) groups excluding carboxylic acids is 4. The van der Waals surface area contributed by atoms with E-state index in [0.29, 0.717) is 5.56 Å². The molecule has 4 atom stereocenters. The second kappa shape index (κ2) is 13.9. The molecule has 0 fully saturated rings. The number of rotatable bonds is 14. The van der Waals surface area contributed by atoms with E-state index in [2.05, 4.69) is 25.9 Å². The van der Waals surface area contributed by atoms with Gasteiger partial charge in [-0.05, 0) is 35.6 Å². The molecular formula is C31H37N7O6. The summed E-state index contributed by atoms with van der Waals surface area (Å²) >= 11 is 0. The quantitative estimate of drug-likeness (QED) is 0.103. The van der Waals surface area contributed by atoms with Crippen molar-refractivity contribution in [1.29, 1.82) is 0 Å². The molecule has 232 valence electrons. The van der Waals surface area contributed by atoms with Crippen LogP contribution in [0.25, 0.3) is 21.8 Å². The minimum absolute atomic E-state index is 0.0542. The summed E-state index contributed by atoms with van der Waals surface area (Å²) in [6.07, 6.45) is 3.01. The van der Waals surface area contributed by atoms with E-state index in [4.69, 9.17) is 11.5 Å². The lowest BCUT2D eigenvalue weighted by Crippen LogP contribution is -2.59. The maximum Gasteiger partial charge on any atom is 0.326 e. The molecule has 4 unspecified atom stereocenters. The van der Waals surface area contributed by atoms with E-state index in [1.165, 1.54) is 0 Å². The third-order valence-electron chi connectivity index (χ3n) is 7.45. The highest BCUT2D eigenvalue weighted by atomic mass is 16.4. The SMILES string of the molecule is CC(C)C(NC(=O)C(N)Cc1c[nH]c2ccccc12)C(=O)NC(CC(N)=O)C(=O)NC(Cc1c[nH]c2ccccc12)C(=O)O. The fraction of sp³-hybridized carbons (Fsp3) is 0.323. The average molecular weight is 604 g/mol. The number of amides is 4. The van der Waals surface area contributed by atoms with Crippen LogP contribution in [0, 0.1) is 5.92 Å². The van der Waals surface area contributed by atoms with Gasteiger partial charge in [-0.3, -0.25) is 19.2 Å². The lowest BCUT2D eigenvalue weighted by atomic mass is 10.00. The number of H-pyrrole nitrogens is 2. The number of carboxylic acid groups (broad SMARTS) is 1. The molecule has 0 radical (unpaired) electrons. The number of hydrogen-bond donors (Lipinski definition) is 8. The van der Waals surface area contributed by atoms with Crippen molar-refractivity contribution in [3.63, 3.8) is 0 Å². The van der Waals surface area contributed by atoms with Gasteiger partial charge >= 0.3 is 5.97 Å². The Morgan fingerprint density at radius 3 is 1.80 bits per heavy atom. The monoisotopic (exact) mass is 603 g/mol. The Morgan fingerprint density at radius 1 is 0.750 bits per heavy atom. The number of primary amides is 1. The van der Waals surface area contributed by atoms with E-state index >= 15 is 0 Å². The zero-order valence-corrected chi connectivity index (χ0v) is 24.4. The molecule has 4 rings (SSSR count). The van der Waals surface area contributed by atoms with Gasteiger partial charge in [0.05, 0.1) is 12.5 Å². The van der Waals surface area contributed by atoms with Crippen LogP contribution in [0.4, 0.5) is 0 Å². The molecule has 2 aromatic heterocycles. The van der Waals surface area contributed by atoms with Crippen molar-refractivity contribution in [2.75, 3.05) is 0 Å². The third-order valence-corrected chi connectivity index (χ3v) is 7.45. The predicted octanol–water partition coefficient (Wildman–Crippen LogP) is 0.832. The number of fused-ring (bicyclic) bond motifs is 2. The number of aromatic amines is 2. The Hall–Kier alpha value is -5.17. The van der Waals surface area contributed by atoms with Crippen LogP contribution in [-0.4, -0.2) is 68.8 Å². The van der Waals surface area contributed by atoms with Crippen molar-refractivity contribution in [2.24, 2.45) is 17.4 Å². The fourth-order valence-corrected chi connectivity index (χ4v) is 5.09. The highest BCUT2D eigenvalue weighted by Gasteiger charge is 2.33. The number of hydrogen-bond acceptors (Lipinski definition) is 6. The van der Waals surface area contributed by atoms with Crippen molar-refractivity contribution in [3.05, 3.63) is 72.1 Å². The zero-order chi connectivity index (χ0) is 32.0. The normalized spacial score (nSPS) is 14.1. The van der Waals surface area contributed by atoms with E-state index < -0.39 is 66.1 Å². The largest absolute Gasteiger partial charge is 0.480 e. The molecule has 0 aliphatic carbocycles. The molecule has 0 aliphatic heterocycles. The molecule has 2 heterocycles. The first kappa shape index (κ1) is 31.8. The van der Waals surface area contributed by atoms with Crippen molar-refractivity contribution >= 4 is 51.4 Å². The van der Waals surface area contributed by atoms with Crippen LogP contribution in [0.15, 0.2) is 60.9 Å². The number of aromatic nitrogens is 2. The zero-order valence-electron chi connectivity index (χ0n) is 24.4. The number of para-hydroxylation sites is 2. The number of carboxylic acids is 1. The molecule has 0 aliphatic rings. The lowest BCUT2D eigenvalue weighted by molar-refractivity contribution is -0.142. The van der Waals surface area contributed by atoms with Crippen LogP contribution in [0.1, 0.15) is 31.4 Å². The molecular weight excluding hydrogens is 566 g/mol. The smallest absolute Gasteiger partial charge is 0.326 e. The summed E-state index contributed by atoms with van der Waals surface area (Å²) in [5.74, 6) is -4.86. The Bertz CT molecular complexity index is 1680. The van der Waals surface area contributed by atoms with E-state index in [-0.39, 0.29) is 12.8 Å². The van der Waals surface area contributed by atoms with Crippen LogP contribution in [-0.2, 0) is 36.8 Å². The van der Waals surface area contributed by atoms with Crippen LogP contribution in [0.5, 0.6) is 0 Å². The summed E-state index contributed by atoms with van der Waals surface area (Å²) in [4.78, 5) is 69.7. The minimum Gasteiger partial charge on any atom is -0.480 e. The molecule has 2 aromatic carbocycles. The molecule has 0 saturated heterocycles. The van der Waals surface area contributed by atoms with E-state index in [1.807, 2.05) is 48.5 Å². The van der Waals surface area contributed by atoms with E-state index in [0.717, 1.165) is 27.4 Å². The van der Waals surface area contributed by atoms with Crippen LogP contribution in [0.3, 0.4) is 0 Å². The van der Waals surface area contributed by atoms with Crippen molar-refractivity contribution in [2.45, 2.75) is 57.3 Å². The first-order valence-corrected chi connectivity index (χ1v) is 14.2. The standard InChI is InChI=1S/C31H37N7O6/c1-16(2)27(38-28(40)21(32)11-17-14-34-22-9-5-3-7-19(17)22)30(42)36-24(13-26(33)39)29(41)37-25(31(43)44)12-18-15-35-23-10-6-4-8-20(18)23/h3-10,14-16,21,24-25,27,34-35H,11-13,32H2,1-2H3,(H2,33,39)(H,36,42)(H,37,41)(H,38,40)(H,43,44). The summed E-state index contributed by atoms with van der Waals surface area (Å²) in [7, 11) is 0. The number of nitrogens with one attached hydrogen (secondary N) is 5. The second-order valence-electron chi connectivity index (χ2n) is 11.1. The van der Waals surface area contributed by atoms with Crippen LogP contribution >= 0.6 is 0 Å². The van der Waals surface area contributed by atoms with E-state index in [9.17, 15) is 29.1 Å². The van der Waals surface area contributed by atoms with Gasteiger partial charge in [0.25, 0.3) is 0 Å². The number of nitrogens with two attached hydrogens (primary N) is 2. The Balaban J connectivity index is 1.43. The summed E-state index contributed by atoms with van der Waals surface area (Å²) in [6.45, 7) is 3.39. The molecule has 0 bridgehead atoms. The van der Waals surface area contributed by atoms with Gasteiger partial charge in [0.2, 0.25) is 23.6 Å². The van der Waals surface area contributed by atoms with Crippen LogP contribution < -0.4 is 27.4 Å². The van der Waals surface area contributed by atoms with Gasteiger partial charge in [-0.25, -0.2) is 4.79 Å². The average Bonchev–Trinajstić information content (AvgIpc) is 3.58. The Morgan fingerprint density at radius 2 is 1.27 bits per heavy atom. The summed E-state index contributed by atoms with van der Waals surface area (Å²) < 4.78 is 0.